The molecule has 0 atom stereocenters. The van der Waals surface area contributed by atoms with Crippen molar-refractivity contribution in [3.8, 4) is 0 Å². The summed E-state index contributed by atoms with van der Waals surface area (Å²) in [6.07, 6.45) is 2.29. The summed E-state index contributed by atoms with van der Waals surface area (Å²) in [6.45, 7) is 3.20. The molecule has 0 N–H and O–H groups in total. The molecule has 1 aliphatic heterocycles. The van der Waals surface area contributed by atoms with Crippen LogP contribution in [-0.2, 0) is 0 Å². The Labute approximate surface area is 97.4 Å². The van der Waals surface area contributed by atoms with Crippen LogP contribution < -0.4 is 4.31 Å². The molecule has 0 fully saturated rings. The predicted octanol–water partition coefficient (Wildman–Crippen LogP) is 3.86. The molecule has 3 heteroatoms. The second-order valence-electron chi connectivity index (χ2n) is 3.36. The number of halogens is 1. The van der Waals surface area contributed by atoms with Gasteiger partial charge in [-0.25, -0.2) is 0 Å². The largest absolute Gasteiger partial charge is 0.312 e. The highest BCUT2D eigenvalue weighted by Crippen LogP contribution is 2.28. The van der Waals surface area contributed by atoms with Crippen molar-refractivity contribution in [2.75, 3.05) is 16.6 Å². The van der Waals surface area contributed by atoms with E-state index in [1.807, 2.05) is 11.9 Å². The highest BCUT2D eigenvalue weighted by molar-refractivity contribution is 9.10. The molecule has 0 aromatic heterocycles. The fraction of sp³-hybridized carbons (Fsp3) is 0.273. The molecule has 0 spiro atoms. The third-order valence-corrected chi connectivity index (χ3v) is 3.95. The lowest BCUT2D eigenvalue weighted by Crippen LogP contribution is -2.19. The van der Waals surface area contributed by atoms with Crippen LogP contribution in [0.15, 0.2) is 40.4 Å². The van der Waals surface area contributed by atoms with E-state index in [0.717, 1.165) is 16.8 Å². The van der Waals surface area contributed by atoms with Gasteiger partial charge in [-0.3, -0.25) is 0 Å². The van der Waals surface area contributed by atoms with E-state index in [9.17, 15) is 0 Å². The van der Waals surface area contributed by atoms with Gasteiger partial charge in [-0.1, -0.05) is 27.6 Å². The van der Waals surface area contributed by atoms with Crippen LogP contribution >= 0.6 is 27.9 Å². The van der Waals surface area contributed by atoms with Gasteiger partial charge in [-0.05, 0) is 43.1 Å². The molecule has 1 heterocycles. The van der Waals surface area contributed by atoms with Crippen molar-refractivity contribution in [3.05, 3.63) is 40.4 Å². The average Bonchev–Trinajstić information content (AvgIpc) is 2.21. The van der Waals surface area contributed by atoms with Gasteiger partial charge in [0.1, 0.15) is 0 Å². The molecule has 0 bridgehead atoms. The maximum Gasteiger partial charge on any atom is 0.0479 e. The minimum Gasteiger partial charge on any atom is -0.312 e. The number of hydrogen-bond donors (Lipinski definition) is 0. The monoisotopic (exact) mass is 269 g/mol. The summed E-state index contributed by atoms with van der Waals surface area (Å²) in [5, 5.41) is 0. The first-order valence-electron chi connectivity index (χ1n) is 4.57. The Hall–Kier alpha value is -0.410. The van der Waals surface area contributed by atoms with Crippen LogP contribution in [0.5, 0.6) is 0 Å². The van der Waals surface area contributed by atoms with E-state index in [4.69, 9.17) is 0 Å². The maximum atomic E-state index is 3.44. The van der Waals surface area contributed by atoms with Gasteiger partial charge < -0.3 is 4.31 Å². The summed E-state index contributed by atoms with van der Waals surface area (Å²) in [4.78, 5) is 0. The Balaban J connectivity index is 2.13. The molecule has 1 aromatic rings. The minimum atomic E-state index is 1.01. The number of benzene rings is 1. The Morgan fingerprint density at radius 3 is 2.57 bits per heavy atom. The van der Waals surface area contributed by atoms with E-state index in [0.29, 0.717) is 0 Å². The zero-order valence-corrected chi connectivity index (χ0v) is 10.4. The third kappa shape index (κ3) is 2.34. The lowest BCUT2D eigenvalue weighted by atomic mass is 10.3. The van der Waals surface area contributed by atoms with E-state index in [1.165, 1.54) is 11.3 Å². The molecular weight excluding hydrogens is 258 g/mol. The molecule has 74 valence electrons. The number of nitrogens with zero attached hydrogens (tertiary/aromatic N) is 1. The van der Waals surface area contributed by atoms with Crippen LogP contribution in [0, 0.1) is 0 Å². The van der Waals surface area contributed by atoms with Gasteiger partial charge >= 0.3 is 0 Å². The summed E-state index contributed by atoms with van der Waals surface area (Å²) < 4.78 is 3.45. The molecule has 2 rings (SSSR count). The Kier molecular flexibility index (Phi) is 3.19. The van der Waals surface area contributed by atoms with Crippen LogP contribution in [0.3, 0.4) is 0 Å². The molecule has 0 unspecified atom stereocenters. The Bertz CT molecular complexity index is 345. The molecule has 14 heavy (non-hydrogen) atoms. The van der Waals surface area contributed by atoms with Gasteiger partial charge in [-0.15, -0.1) is 0 Å². The van der Waals surface area contributed by atoms with Crippen LogP contribution in [0.1, 0.15) is 6.92 Å². The Morgan fingerprint density at radius 1 is 1.29 bits per heavy atom. The topological polar surface area (TPSA) is 3.24 Å². The van der Waals surface area contributed by atoms with Crippen molar-refractivity contribution >= 4 is 33.6 Å². The lowest BCUT2D eigenvalue weighted by Gasteiger charge is -2.25. The molecular formula is C11H12BrNS. The summed E-state index contributed by atoms with van der Waals surface area (Å²) in [5.41, 5.74) is 2.75. The van der Waals surface area contributed by atoms with Crippen molar-refractivity contribution in [3.63, 3.8) is 0 Å². The lowest BCUT2D eigenvalue weighted by molar-refractivity contribution is 1.15. The van der Waals surface area contributed by atoms with E-state index in [2.05, 4.69) is 57.5 Å². The van der Waals surface area contributed by atoms with Crippen LogP contribution in [0.4, 0.5) is 5.69 Å². The average molecular weight is 270 g/mol. The Morgan fingerprint density at radius 2 is 2.00 bits per heavy atom. The zero-order chi connectivity index (χ0) is 9.97. The SMILES string of the molecule is CC1=CCN(c2ccc(Br)cc2)SC1. The summed E-state index contributed by atoms with van der Waals surface area (Å²) in [6, 6.07) is 8.46. The minimum absolute atomic E-state index is 1.01. The van der Waals surface area contributed by atoms with Gasteiger partial charge in [0.2, 0.25) is 0 Å². The standard InChI is InChI=1S/C11H12BrNS/c1-9-6-7-13(14-8-9)11-4-2-10(12)3-5-11/h2-6H,7-8H2,1H3. The van der Waals surface area contributed by atoms with E-state index < -0.39 is 0 Å². The first kappa shape index (κ1) is 10.1. The summed E-state index contributed by atoms with van der Waals surface area (Å²) >= 11 is 5.32. The quantitative estimate of drug-likeness (QED) is 0.563. The smallest absolute Gasteiger partial charge is 0.0479 e. The number of hydrogen-bond acceptors (Lipinski definition) is 2. The second-order valence-corrected chi connectivity index (χ2v) is 5.26. The molecule has 0 saturated carbocycles. The second kappa shape index (κ2) is 4.41. The first-order chi connectivity index (χ1) is 6.75. The molecule has 0 radical (unpaired) electrons. The number of anilines is 1. The molecule has 1 aliphatic rings. The van der Waals surface area contributed by atoms with E-state index in [-0.39, 0.29) is 0 Å². The maximum absolute atomic E-state index is 3.44. The molecule has 0 saturated heterocycles. The van der Waals surface area contributed by atoms with Crippen LogP contribution in [0.2, 0.25) is 0 Å². The fourth-order valence-corrected chi connectivity index (χ4v) is 2.51. The fourth-order valence-electron chi connectivity index (χ4n) is 1.32. The van der Waals surface area contributed by atoms with E-state index >= 15 is 0 Å². The predicted molar refractivity (Wildman–Crippen MR) is 67.7 cm³/mol. The van der Waals surface area contributed by atoms with Gasteiger partial charge in [-0.2, -0.15) is 0 Å². The normalized spacial score (nSPS) is 16.7. The van der Waals surface area contributed by atoms with Gasteiger partial charge in [0, 0.05) is 22.5 Å². The van der Waals surface area contributed by atoms with Crippen molar-refractivity contribution in [2.24, 2.45) is 0 Å². The van der Waals surface area contributed by atoms with Crippen LogP contribution in [-0.4, -0.2) is 12.3 Å². The zero-order valence-electron chi connectivity index (χ0n) is 8.03. The molecule has 0 aliphatic carbocycles. The van der Waals surface area contributed by atoms with Crippen molar-refractivity contribution in [1.29, 1.82) is 0 Å². The van der Waals surface area contributed by atoms with Gasteiger partial charge in [0.05, 0.1) is 0 Å². The molecule has 1 nitrogen and oxygen atoms in total. The molecule has 0 amide bonds. The van der Waals surface area contributed by atoms with Crippen molar-refractivity contribution in [1.82, 2.24) is 0 Å². The summed E-state index contributed by atoms with van der Waals surface area (Å²) in [7, 11) is 0. The van der Waals surface area contributed by atoms with Crippen molar-refractivity contribution < 1.29 is 0 Å². The van der Waals surface area contributed by atoms with Gasteiger partial charge in [0.25, 0.3) is 0 Å². The van der Waals surface area contributed by atoms with Gasteiger partial charge in [0.15, 0.2) is 0 Å². The highest BCUT2D eigenvalue weighted by atomic mass is 79.9. The highest BCUT2D eigenvalue weighted by Gasteiger charge is 2.10. The number of rotatable bonds is 1. The van der Waals surface area contributed by atoms with Crippen molar-refractivity contribution in [2.45, 2.75) is 6.92 Å². The van der Waals surface area contributed by atoms with E-state index in [1.54, 1.807) is 0 Å². The first-order valence-corrected chi connectivity index (χ1v) is 6.31. The molecule has 1 aromatic carbocycles. The third-order valence-electron chi connectivity index (χ3n) is 2.17. The van der Waals surface area contributed by atoms with Crippen LogP contribution in [0.25, 0.3) is 0 Å². The summed E-state index contributed by atoms with van der Waals surface area (Å²) in [5.74, 6) is 1.11.